The summed E-state index contributed by atoms with van der Waals surface area (Å²) >= 11 is 0. The molecule has 2 aromatic heterocycles. The van der Waals surface area contributed by atoms with Crippen LogP contribution in [0.2, 0.25) is 0 Å². The van der Waals surface area contributed by atoms with Crippen molar-refractivity contribution in [2.24, 2.45) is 5.84 Å². The zero-order chi connectivity index (χ0) is 14.7. The first-order chi connectivity index (χ1) is 10.3. The first-order valence-corrected chi connectivity index (χ1v) is 6.50. The van der Waals surface area contributed by atoms with Gasteiger partial charge < -0.3 is 4.74 Å². The molecule has 0 aliphatic heterocycles. The molecule has 1 aromatic carbocycles. The number of fused-ring (bicyclic) bond motifs is 1. The van der Waals surface area contributed by atoms with Crippen LogP contribution in [0.3, 0.4) is 0 Å². The summed E-state index contributed by atoms with van der Waals surface area (Å²) in [7, 11) is 1.60. The highest BCUT2D eigenvalue weighted by atomic mass is 16.5. The minimum Gasteiger partial charge on any atom is -0.495 e. The third-order valence-electron chi connectivity index (χ3n) is 3.22. The minimum absolute atomic E-state index is 0.391. The highest BCUT2D eigenvalue weighted by Gasteiger charge is 2.20. The van der Waals surface area contributed by atoms with Crippen LogP contribution in [-0.2, 0) is 0 Å². The number of hydrogen-bond donors (Lipinski definition) is 2. The molecule has 3 aromatic rings. The van der Waals surface area contributed by atoms with Crippen molar-refractivity contribution in [1.82, 2.24) is 20.4 Å². The summed E-state index contributed by atoms with van der Waals surface area (Å²) in [6.45, 7) is 0. The average molecular weight is 281 g/mol. The number of nitrogens with one attached hydrogen (secondary N) is 1. The Labute approximate surface area is 122 Å². The van der Waals surface area contributed by atoms with Crippen molar-refractivity contribution < 1.29 is 4.74 Å². The van der Waals surface area contributed by atoms with Gasteiger partial charge in [-0.15, -0.1) is 0 Å². The Kier molecular flexibility index (Phi) is 3.72. The summed E-state index contributed by atoms with van der Waals surface area (Å²) in [6, 6.07) is 10.9. The van der Waals surface area contributed by atoms with Gasteiger partial charge in [-0.05, 0) is 24.3 Å². The molecule has 1 unspecified atom stereocenters. The maximum atomic E-state index is 5.69. The quantitative estimate of drug-likeness (QED) is 0.558. The zero-order valence-corrected chi connectivity index (χ0v) is 11.5. The third kappa shape index (κ3) is 2.54. The van der Waals surface area contributed by atoms with E-state index < -0.39 is 6.04 Å². The minimum atomic E-state index is -0.391. The molecular formula is C15H15N5O. The van der Waals surface area contributed by atoms with Gasteiger partial charge in [0.1, 0.15) is 17.5 Å². The number of hydrazine groups is 1. The van der Waals surface area contributed by atoms with Crippen molar-refractivity contribution in [3.63, 3.8) is 0 Å². The van der Waals surface area contributed by atoms with E-state index in [4.69, 9.17) is 10.6 Å². The Morgan fingerprint density at radius 2 is 1.90 bits per heavy atom. The number of hydrogen-bond acceptors (Lipinski definition) is 6. The summed E-state index contributed by atoms with van der Waals surface area (Å²) in [5.41, 5.74) is 5.74. The predicted octanol–water partition coefficient (Wildman–Crippen LogP) is 1.59. The molecule has 3 rings (SSSR count). The molecular weight excluding hydrogens is 266 g/mol. The monoisotopic (exact) mass is 281 g/mol. The number of aromatic nitrogens is 3. The molecule has 0 bridgehead atoms. The summed E-state index contributed by atoms with van der Waals surface area (Å²) in [5, 5.41) is 0. The van der Waals surface area contributed by atoms with Gasteiger partial charge in [0.2, 0.25) is 0 Å². The lowest BCUT2D eigenvalue weighted by Crippen LogP contribution is -2.30. The molecule has 0 spiro atoms. The van der Waals surface area contributed by atoms with E-state index >= 15 is 0 Å². The van der Waals surface area contributed by atoms with Gasteiger partial charge in [-0.1, -0.05) is 12.1 Å². The van der Waals surface area contributed by atoms with Crippen molar-refractivity contribution in [3.8, 4) is 5.75 Å². The highest BCUT2D eigenvalue weighted by molar-refractivity contribution is 5.73. The van der Waals surface area contributed by atoms with Crippen LogP contribution in [0, 0.1) is 0 Å². The van der Waals surface area contributed by atoms with Crippen molar-refractivity contribution in [3.05, 3.63) is 60.2 Å². The molecule has 6 nitrogen and oxygen atoms in total. The number of para-hydroxylation sites is 2. The second-order valence-corrected chi connectivity index (χ2v) is 4.47. The lowest BCUT2D eigenvalue weighted by Gasteiger charge is -2.17. The van der Waals surface area contributed by atoms with Gasteiger partial charge in [0.25, 0.3) is 0 Å². The molecule has 0 aliphatic rings. The van der Waals surface area contributed by atoms with E-state index in [0.717, 1.165) is 11.0 Å². The topological polar surface area (TPSA) is 86.0 Å². The van der Waals surface area contributed by atoms with Crippen LogP contribution in [0.15, 0.2) is 48.8 Å². The zero-order valence-electron chi connectivity index (χ0n) is 11.5. The molecule has 0 saturated carbocycles. The molecule has 0 amide bonds. The van der Waals surface area contributed by atoms with E-state index in [9.17, 15) is 0 Å². The van der Waals surface area contributed by atoms with E-state index in [1.54, 1.807) is 19.5 Å². The normalized spacial score (nSPS) is 12.3. The molecule has 1 atom stereocenters. The maximum absolute atomic E-state index is 5.69. The molecule has 0 radical (unpaired) electrons. The molecule has 2 heterocycles. The van der Waals surface area contributed by atoms with E-state index in [1.807, 2.05) is 36.4 Å². The number of benzene rings is 1. The van der Waals surface area contributed by atoms with Gasteiger partial charge in [0, 0.05) is 6.20 Å². The Bertz CT molecular complexity index is 762. The third-order valence-corrected chi connectivity index (χ3v) is 3.22. The van der Waals surface area contributed by atoms with Gasteiger partial charge >= 0.3 is 0 Å². The Morgan fingerprint density at radius 1 is 1.10 bits per heavy atom. The smallest absolute Gasteiger partial charge is 0.142 e. The predicted molar refractivity (Wildman–Crippen MR) is 79.5 cm³/mol. The lowest BCUT2D eigenvalue weighted by molar-refractivity contribution is 0.399. The van der Waals surface area contributed by atoms with Crippen LogP contribution in [0.4, 0.5) is 0 Å². The molecule has 21 heavy (non-hydrogen) atoms. The van der Waals surface area contributed by atoms with Gasteiger partial charge in [-0.25, -0.2) is 10.4 Å². The SMILES string of the molecule is COc1cccnc1C(NN)c1cnc2ccccc2n1. The molecule has 0 saturated heterocycles. The largest absolute Gasteiger partial charge is 0.495 e. The Hall–Kier alpha value is -2.57. The van der Waals surface area contributed by atoms with Gasteiger partial charge in [-0.2, -0.15) is 0 Å². The number of rotatable bonds is 4. The van der Waals surface area contributed by atoms with E-state index in [2.05, 4.69) is 20.4 Å². The van der Waals surface area contributed by atoms with E-state index in [1.165, 1.54) is 0 Å². The van der Waals surface area contributed by atoms with Crippen molar-refractivity contribution in [1.29, 1.82) is 0 Å². The number of methoxy groups -OCH3 is 1. The van der Waals surface area contributed by atoms with Crippen LogP contribution in [0.1, 0.15) is 17.4 Å². The van der Waals surface area contributed by atoms with Gasteiger partial charge in [0.15, 0.2) is 0 Å². The fourth-order valence-corrected chi connectivity index (χ4v) is 2.21. The van der Waals surface area contributed by atoms with E-state index in [-0.39, 0.29) is 0 Å². The second kappa shape index (κ2) is 5.82. The summed E-state index contributed by atoms with van der Waals surface area (Å²) in [5.74, 6) is 6.34. The van der Waals surface area contributed by atoms with Gasteiger partial charge in [0.05, 0.1) is 30.0 Å². The summed E-state index contributed by atoms with van der Waals surface area (Å²) in [6.07, 6.45) is 3.39. The first kappa shape index (κ1) is 13.4. The Balaban J connectivity index is 2.09. The number of ether oxygens (including phenoxy) is 1. The number of nitrogens with zero attached hydrogens (tertiary/aromatic N) is 3. The van der Waals surface area contributed by atoms with Crippen LogP contribution < -0.4 is 16.0 Å². The van der Waals surface area contributed by atoms with Crippen LogP contribution >= 0.6 is 0 Å². The number of pyridine rings is 1. The first-order valence-electron chi connectivity index (χ1n) is 6.50. The fraction of sp³-hybridized carbons (Fsp3) is 0.133. The Morgan fingerprint density at radius 3 is 2.67 bits per heavy atom. The molecule has 6 heteroatoms. The second-order valence-electron chi connectivity index (χ2n) is 4.47. The van der Waals surface area contributed by atoms with Crippen LogP contribution in [0.5, 0.6) is 5.75 Å². The van der Waals surface area contributed by atoms with E-state index in [0.29, 0.717) is 17.1 Å². The van der Waals surface area contributed by atoms with Crippen LogP contribution in [0.25, 0.3) is 11.0 Å². The molecule has 0 fully saturated rings. The standard InChI is InChI=1S/C15H15N5O/c1-21-13-7-4-8-17-15(13)14(20-16)12-9-18-10-5-2-3-6-11(10)19-12/h2-9,14,20H,16H2,1H3. The highest BCUT2D eigenvalue weighted by Crippen LogP contribution is 2.26. The van der Waals surface area contributed by atoms with Crippen LogP contribution in [-0.4, -0.2) is 22.1 Å². The van der Waals surface area contributed by atoms with Crippen molar-refractivity contribution >= 4 is 11.0 Å². The average Bonchev–Trinajstić information content (AvgIpc) is 2.56. The maximum Gasteiger partial charge on any atom is 0.142 e. The van der Waals surface area contributed by atoms with Crippen molar-refractivity contribution in [2.75, 3.05) is 7.11 Å². The fourth-order valence-electron chi connectivity index (χ4n) is 2.21. The summed E-state index contributed by atoms with van der Waals surface area (Å²) < 4.78 is 5.33. The molecule has 0 aliphatic carbocycles. The van der Waals surface area contributed by atoms with Crippen molar-refractivity contribution in [2.45, 2.75) is 6.04 Å². The molecule has 3 N–H and O–H groups in total. The lowest BCUT2D eigenvalue weighted by atomic mass is 10.1. The molecule has 106 valence electrons. The van der Waals surface area contributed by atoms with Gasteiger partial charge in [-0.3, -0.25) is 15.8 Å². The number of nitrogens with two attached hydrogens (primary N) is 1. The summed E-state index contributed by atoms with van der Waals surface area (Å²) in [4.78, 5) is 13.3.